The van der Waals surface area contributed by atoms with Crippen LogP contribution in [0.25, 0.3) is 6.08 Å². The Hall–Kier alpha value is -4.69. The number of hydrogen-bond acceptors (Lipinski definition) is 6. The molecule has 3 aliphatic rings. The number of anilines is 1. The Kier molecular flexibility index (Phi) is 5.66. The number of nitro benzene ring substituents is 1. The fourth-order valence-corrected chi connectivity index (χ4v) is 7.17. The van der Waals surface area contributed by atoms with Gasteiger partial charge in [0.1, 0.15) is 11.5 Å². The number of hydrogen-bond donors (Lipinski definition) is 0. The molecule has 0 radical (unpaired) electrons. The molecule has 4 aromatic carbocycles. The van der Waals surface area contributed by atoms with Gasteiger partial charge in [-0.25, -0.2) is 0 Å². The number of para-hydroxylation sites is 1. The van der Waals surface area contributed by atoms with E-state index in [9.17, 15) is 24.5 Å². The van der Waals surface area contributed by atoms with Gasteiger partial charge in [-0.15, -0.1) is 0 Å². The summed E-state index contributed by atoms with van der Waals surface area (Å²) in [6.45, 7) is 0. The van der Waals surface area contributed by atoms with Crippen molar-refractivity contribution in [2.24, 2.45) is 5.41 Å². The largest absolute Gasteiger partial charge is 0.352 e. The topological polar surface area (TPSA) is 97.6 Å². The zero-order chi connectivity index (χ0) is 28.5. The molecule has 2 heterocycles. The van der Waals surface area contributed by atoms with Gasteiger partial charge in [-0.3, -0.25) is 24.5 Å². The van der Waals surface area contributed by atoms with Crippen LogP contribution in [0.15, 0.2) is 108 Å². The fourth-order valence-electron chi connectivity index (χ4n) is 6.90. The van der Waals surface area contributed by atoms with E-state index in [1.807, 2.05) is 65.6 Å². The number of Topliss-reactive ketones (excluding diaryl/α,β-unsaturated/α-hetero) is 3. The van der Waals surface area contributed by atoms with E-state index in [4.69, 9.17) is 0 Å². The second kappa shape index (κ2) is 9.17. The summed E-state index contributed by atoms with van der Waals surface area (Å²) in [5.74, 6) is -1.92. The molecule has 41 heavy (non-hydrogen) atoms. The zero-order valence-corrected chi connectivity index (χ0v) is 23.0. The van der Waals surface area contributed by atoms with Crippen molar-refractivity contribution in [1.82, 2.24) is 0 Å². The molecule has 0 aromatic heterocycles. The second-order valence-electron chi connectivity index (χ2n) is 10.5. The van der Waals surface area contributed by atoms with Crippen LogP contribution < -0.4 is 4.90 Å². The summed E-state index contributed by atoms with van der Waals surface area (Å²) in [6.07, 6.45) is 3.76. The molecule has 4 aromatic rings. The Morgan fingerprint density at radius 2 is 1.51 bits per heavy atom. The first-order valence-corrected chi connectivity index (χ1v) is 13.9. The van der Waals surface area contributed by atoms with Gasteiger partial charge in [0, 0.05) is 44.9 Å². The highest BCUT2D eigenvalue weighted by atomic mass is 79.9. The lowest BCUT2D eigenvalue weighted by Crippen LogP contribution is -2.48. The molecule has 0 saturated carbocycles. The van der Waals surface area contributed by atoms with Crippen molar-refractivity contribution in [3.63, 3.8) is 0 Å². The highest BCUT2D eigenvalue weighted by Crippen LogP contribution is 2.61. The summed E-state index contributed by atoms with van der Waals surface area (Å²) < 4.78 is 0.810. The maximum atomic E-state index is 14.6. The Morgan fingerprint density at radius 3 is 2.20 bits per heavy atom. The number of nitrogens with zero attached hydrogens (tertiary/aromatic N) is 2. The summed E-state index contributed by atoms with van der Waals surface area (Å²) in [5.41, 5.74) is 1.23. The van der Waals surface area contributed by atoms with Crippen LogP contribution in [0.5, 0.6) is 0 Å². The Balaban J connectivity index is 1.54. The van der Waals surface area contributed by atoms with E-state index in [1.165, 1.54) is 18.2 Å². The van der Waals surface area contributed by atoms with E-state index in [0.717, 1.165) is 15.7 Å². The smallest absolute Gasteiger partial charge is 0.270 e. The van der Waals surface area contributed by atoms with Crippen LogP contribution in [0.2, 0.25) is 0 Å². The quantitative estimate of drug-likeness (QED) is 0.112. The summed E-state index contributed by atoms with van der Waals surface area (Å²) in [7, 11) is 0. The van der Waals surface area contributed by atoms with E-state index < -0.39 is 34.1 Å². The number of ketones is 3. The van der Waals surface area contributed by atoms with Gasteiger partial charge >= 0.3 is 0 Å². The fraction of sp³-hybridized carbons (Fsp3) is 0.121. The molecular formula is C33H21BrN2O5. The van der Waals surface area contributed by atoms with E-state index >= 15 is 0 Å². The van der Waals surface area contributed by atoms with Crippen LogP contribution in [-0.2, 0) is 0 Å². The third kappa shape index (κ3) is 3.47. The predicted octanol–water partition coefficient (Wildman–Crippen LogP) is 6.67. The van der Waals surface area contributed by atoms with Crippen LogP contribution in [0, 0.1) is 15.5 Å². The summed E-state index contributed by atoms with van der Waals surface area (Å²) in [6, 6.07) is 25.6. The SMILES string of the molecule is O=C(c1cccc([N+](=O)[O-])c1)[C@@H]1[C@@H](c2ccc(Br)cc2)C2(C(=O)c3ccccc3C2=O)C2C=Cc3ccccc3N21. The van der Waals surface area contributed by atoms with E-state index in [2.05, 4.69) is 15.9 Å². The Bertz CT molecular complexity index is 1790. The highest BCUT2D eigenvalue weighted by molar-refractivity contribution is 9.10. The number of carbonyl (C=O) groups is 3. The molecular weight excluding hydrogens is 584 g/mol. The molecule has 2 aliphatic heterocycles. The number of halogens is 1. The van der Waals surface area contributed by atoms with Gasteiger partial charge in [-0.1, -0.05) is 94.8 Å². The molecule has 8 heteroatoms. The lowest BCUT2D eigenvalue weighted by Gasteiger charge is -2.37. The number of nitro groups is 1. The molecule has 7 nitrogen and oxygen atoms in total. The minimum absolute atomic E-state index is 0.143. The van der Waals surface area contributed by atoms with Crippen molar-refractivity contribution in [2.45, 2.75) is 18.0 Å². The van der Waals surface area contributed by atoms with Gasteiger partial charge in [0.05, 0.1) is 11.0 Å². The lowest BCUT2D eigenvalue weighted by molar-refractivity contribution is -0.384. The molecule has 1 saturated heterocycles. The average molecular weight is 605 g/mol. The molecule has 1 spiro atoms. The summed E-state index contributed by atoms with van der Waals surface area (Å²) in [4.78, 5) is 56.8. The van der Waals surface area contributed by atoms with Crippen LogP contribution in [0.1, 0.15) is 48.1 Å². The molecule has 0 bridgehead atoms. The predicted molar refractivity (Wildman–Crippen MR) is 157 cm³/mol. The van der Waals surface area contributed by atoms with Crippen molar-refractivity contribution in [3.8, 4) is 0 Å². The van der Waals surface area contributed by atoms with Crippen LogP contribution in [-0.4, -0.2) is 34.4 Å². The van der Waals surface area contributed by atoms with Crippen molar-refractivity contribution < 1.29 is 19.3 Å². The third-order valence-electron chi connectivity index (χ3n) is 8.55. The zero-order valence-electron chi connectivity index (χ0n) is 21.4. The second-order valence-corrected chi connectivity index (χ2v) is 11.4. The molecule has 3 atom stereocenters. The van der Waals surface area contributed by atoms with Gasteiger partial charge in [-0.05, 0) is 29.3 Å². The Labute approximate surface area is 243 Å². The first kappa shape index (κ1) is 25.3. The van der Waals surface area contributed by atoms with Crippen molar-refractivity contribution >= 4 is 50.7 Å². The molecule has 7 rings (SSSR count). The minimum Gasteiger partial charge on any atom is -0.352 e. The van der Waals surface area contributed by atoms with Gasteiger partial charge < -0.3 is 4.90 Å². The number of carbonyl (C=O) groups excluding carboxylic acids is 3. The Morgan fingerprint density at radius 1 is 0.854 bits per heavy atom. The monoisotopic (exact) mass is 604 g/mol. The number of fused-ring (bicyclic) bond motifs is 5. The first-order chi connectivity index (χ1) is 19.8. The molecule has 1 unspecified atom stereocenters. The number of rotatable bonds is 4. The van der Waals surface area contributed by atoms with Crippen LogP contribution in [0.4, 0.5) is 11.4 Å². The van der Waals surface area contributed by atoms with Gasteiger partial charge in [-0.2, -0.15) is 0 Å². The molecule has 200 valence electrons. The molecule has 1 fully saturated rings. The normalized spacial score (nSPS) is 21.5. The number of benzene rings is 4. The van der Waals surface area contributed by atoms with Gasteiger partial charge in [0.15, 0.2) is 17.3 Å². The van der Waals surface area contributed by atoms with E-state index in [1.54, 1.807) is 30.3 Å². The molecule has 0 N–H and O–H groups in total. The van der Waals surface area contributed by atoms with Crippen LogP contribution >= 0.6 is 15.9 Å². The maximum Gasteiger partial charge on any atom is 0.270 e. The number of non-ortho nitro benzene ring substituents is 1. The summed E-state index contributed by atoms with van der Waals surface area (Å²) in [5, 5.41) is 11.6. The standard InChI is InChI=1S/C33H21BrN2O5/c34-22-15-12-20(13-16-22)28-29(30(37)21-7-5-8-23(18-21)36(40)41)35-26-11-4-1-6-19(26)14-17-27(35)33(28)31(38)24-9-2-3-10-25(24)32(33)39/h1-18,27-29H/t27?,28-,29+/m1/s1. The van der Waals surface area contributed by atoms with Crippen LogP contribution in [0.3, 0.4) is 0 Å². The van der Waals surface area contributed by atoms with Gasteiger partial charge in [0.2, 0.25) is 0 Å². The van der Waals surface area contributed by atoms with E-state index in [0.29, 0.717) is 16.7 Å². The van der Waals surface area contributed by atoms with E-state index in [-0.39, 0.29) is 22.8 Å². The summed E-state index contributed by atoms with van der Waals surface area (Å²) >= 11 is 3.47. The molecule has 0 amide bonds. The lowest BCUT2D eigenvalue weighted by atomic mass is 9.64. The van der Waals surface area contributed by atoms with Gasteiger partial charge in [0.25, 0.3) is 5.69 Å². The maximum absolute atomic E-state index is 14.6. The first-order valence-electron chi connectivity index (χ1n) is 13.1. The minimum atomic E-state index is -1.62. The third-order valence-corrected chi connectivity index (χ3v) is 9.08. The van der Waals surface area contributed by atoms with Crippen molar-refractivity contribution in [1.29, 1.82) is 0 Å². The van der Waals surface area contributed by atoms with Crippen molar-refractivity contribution in [3.05, 3.63) is 146 Å². The molecule has 1 aliphatic carbocycles. The van der Waals surface area contributed by atoms with Crippen molar-refractivity contribution in [2.75, 3.05) is 4.90 Å². The average Bonchev–Trinajstić information content (AvgIpc) is 3.43. The highest BCUT2D eigenvalue weighted by Gasteiger charge is 2.71.